The molecule has 0 aliphatic rings. The number of rotatable bonds is 6. The molecule has 0 radical (unpaired) electrons. The molecule has 0 amide bonds. The fourth-order valence-electron chi connectivity index (χ4n) is 2.00. The van der Waals surface area contributed by atoms with Crippen molar-refractivity contribution in [3.8, 4) is 5.75 Å². The molecule has 112 valence electrons. The lowest BCUT2D eigenvalue weighted by atomic mass is 10.1. The van der Waals surface area contributed by atoms with Crippen molar-refractivity contribution in [3.63, 3.8) is 0 Å². The SMILES string of the molecule is NCCc1cccc(Br)c1OCC(F)(F)c1ccccc1. The van der Waals surface area contributed by atoms with Gasteiger partial charge >= 0.3 is 5.92 Å². The summed E-state index contributed by atoms with van der Waals surface area (Å²) < 4.78 is 34.3. The summed E-state index contributed by atoms with van der Waals surface area (Å²) in [7, 11) is 0. The van der Waals surface area contributed by atoms with E-state index in [4.69, 9.17) is 10.5 Å². The van der Waals surface area contributed by atoms with E-state index in [0.717, 1.165) is 5.56 Å². The molecule has 21 heavy (non-hydrogen) atoms. The average Bonchev–Trinajstić information content (AvgIpc) is 2.48. The molecule has 0 aliphatic carbocycles. The minimum atomic E-state index is -3.05. The Labute approximate surface area is 131 Å². The van der Waals surface area contributed by atoms with Crippen LogP contribution in [0.25, 0.3) is 0 Å². The predicted molar refractivity (Wildman–Crippen MR) is 82.7 cm³/mol. The predicted octanol–water partition coefficient (Wildman–Crippen LogP) is 4.12. The van der Waals surface area contributed by atoms with E-state index in [1.165, 1.54) is 12.1 Å². The molecule has 0 saturated carbocycles. The molecule has 2 N–H and O–H groups in total. The Balaban J connectivity index is 2.16. The van der Waals surface area contributed by atoms with Gasteiger partial charge in [-0.2, -0.15) is 8.78 Å². The quantitative estimate of drug-likeness (QED) is 0.845. The fourth-order valence-corrected chi connectivity index (χ4v) is 2.52. The number of hydrogen-bond donors (Lipinski definition) is 1. The summed E-state index contributed by atoms with van der Waals surface area (Å²) in [5, 5.41) is 0. The molecule has 0 aliphatic heterocycles. The van der Waals surface area contributed by atoms with Crippen molar-refractivity contribution in [3.05, 3.63) is 64.1 Å². The Bertz CT molecular complexity index is 590. The number of nitrogens with two attached hydrogens (primary N) is 1. The first-order valence-electron chi connectivity index (χ1n) is 6.58. The van der Waals surface area contributed by atoms with E-state index >= 15 is 0 Å². The van der Waals surface area contributed by atoms with Crippen LogP contribution in [0, 0.1) is 0 Å². The van der Waals surface area contributed by atoms with Gasteiger partial charge in [0.15, 0.2) is 6.61 Å². The third-order valence-electron chi connectivity index (χ3n) is 3.06. The molecular formula is C16H16BrF2NO. The maximum atomic E-state index is 14.1. The summed E-state index contributed by atoms with van der Waals surface area (Å²) in [6.45, 7) is -0.279. The van der Waals surface area contributed by atoms with E-state index in [1.807, 2.05) is 12.1 Å². The Morgan fingerprint density at radius 1 is 1.05 bits per heavy atom. The Hall–Kier alpha value is -1.46. The highest BCUT2D eigenvalue weighted by atomic mass is 79.9. The second-order valence-corrected chi connectivity index (χ2v) is 5.48. The third-order valence-corrected chi connectivity index (χ3v) is 3.68. The highest BCUT2D eigenvalue weighted by molar-refractivity contribution is 9.10. The first kappa shape index (κ1) is 15.9. The van der Waals surface area contributed by atoms with Crippen molar-refractivity contribution in [1.29, 1.82) is 0 Å². The summed E-state index contributed by atoms with van der Waals surface area (Å²) in [6.07, 6.45) is 0.575. The van der Waals surface area contributed by atoms with Crippen molar-refractivity contribution in [1.82, 2.24) is 0 Å². The molecule has 0 saturated heterocycles. The van der Waals surface area contributed by atoms with Crippen LogP contribution < -0.4 is 10.5 Å². The fraction of sp³-hybridized carbons (Fsp3) is 0.250. The average molecular weight is 356 g/mol. The van der Waals surface area contributed by atoms with Gasteiger partial charge in [-0.3, -0.25) is 0 Å². The zero-order chi connectivity index (χ0) is 15.3. The highest BCUT2D eigenvalue weighted by Crippen LogP contribution is 2.33. The van der Waals surface area contributed by atoms with Gasteiger partial charge in [0.05, 0.1) is 4.47 Å². The topological polar surface area (TPSA) is 35.2 Å². The number of ether oxygens (including phenoxy) is 1. The minimum Gasteiger partial charge on any atom is -0.485 e. The molecule has 0 aromatic heterocycles. The number of benzene rings is 2. The zero-order valence-corrected chi connectivity index (χ0v) is 12.9. The lowest BCUT2D eigenvalue weighted by Gasteiger charge is -2.19. The molecule has 0 heterocycles. The third kappa shape index (κ3) is 4.02. The van der Waals surface area contributed by atoms with E-state index in [-0.39, 0.29) is 5.56 Å². The molecular weight excluding hydrogens is 340 g/mol. The molecule has 2 nitrogen and oxygen atoms in total. The van der Waals surface area contributed by atoms with Crippen LogP contribution in [0.1, 0.15) is 11.1 Å². The van der Waals surface area contributed by atoms with Crippen molar-refractivity contribution in [2.24, 2.45) is 5.73 Å². The van der Waals surface area contributed by atoms with Gasteiger partial charge in [-0.25, -0.2) is 0 Å². The van der Waals surface area contributed by atoms with E-state index in [1.54, 1.807) is 24.3 Å². The van der Waals surface area contributed by atoms with Crippen LogP contribution in [-0.4, -0.2) is 13.2 Å². The number of alkyl halides is 2. The molecule has 0 bridgehead atoms. The first-order chi connectivity index (χ1) is 10.0. The summed E-state index contributed by atoms with van der Waals surface area (Å²) in [5.74, 6) is -2.62. The Morgan fingerprint density at radius 3 is 2.43 bits per heavy atom. The monoisotopic (exact) mass is 355 g/mol. The van der Waals surface area contributed by atoms with Gasteiger partial charge in [-0.05, 0) is 40.5 Å². The van der Waals surface area contributed by atoms with Crippen LogP contribution >= 0.6 is 15.9 Å². The maximum Gasteiger partial charge on any atom is 0.306 e. The summed E-state index contributed by atoms with van der Waals surface area (Å²) in [4.78, 5) is 0. The summed E-state index contributed by atoms with van der Waals surface area (Å²) in [6, 6.07) is 13.1. The van der Waals surface area contributed by atoms with Crippen LogP contribution in [0.2, 0.25) is 0 Å². The van der Waals surface area contributed by atoms with Gasteiger partial charge in [0.2, 0.25) is 0 Å². The maximum absolute atomic E-state index is 14.1. The van der Waals surface area contributed by atoms with Gasteiger partial charge in [0.25, 0.3) is 0 Å². The van der Waals surface area contributed by atoms with Crippen LogP contribution in [0.15, 0.2) is 53.0 Å². The van der Waals surface area contributed by atoms with Gasteiger partial charge in [-0.15, -0.1) is 0 Å². The van der Waals surface area contributed by atoms with Gasteiger partial charge in [0, 0.05) is 5.56 Å². The zero-order valence-electron chi connectivity index (χ0n) is 11.4. The Morgan fingerprint density at radius 2 is 1.76 bits per heavy atom. The van der Waals surface area contributed by atoms with E-state index in [2.05, 4.69) is 15.9 Å². The van der Waals surface area contributed by atoms with Crippen molar-refractivity contribution >= 4 is 15.9 Å². The van der Waals surface area contributed by atoms with Crippen molar-refractivity contribution < 1.29 is 13.5 Å². The lowest BCUT2D eigenvalue weighted by Crippen LogP contribution is -2.23. The van der Waals surface area contributed by atoms with E-state index < -0.39 is 12.5 Å². The van der Waals surface area contributed by atoms with Crippen LogP contribution in [0.5, 0.6) is 5.75 Å². The van der Waals surface area contributed by atoms with E-state index in [0.29, 0.717) is 23.2 Å². The lowest BCUT2D eigenvalue weighted by molar-refractivity contribution is -0.0471. The molecule has 5 heteroatoms. The summed E-state index contributed by atoms with van der Waals surface area (Å²) in [5.41, 5.74) is 6.29. The molecule has 0 spiro atoms. The van der Waals surface area contributed by atoms with Crippen molar-refractivity contribution in [2.75, 3.05) is 13.2 Å². The molecule has 2 aromatic carbocycles. The summed E-state index contributed by atoms with van der Waals surface area (Å²) >= 11 is 3.33. The van der Waals surface area contributed by atoms with Crippen LogP contribution in [0.3, 0.4) is 0 Å². The number of para-hydroxylation sites is 1. The van der Waals surface area contributed by atoms with Crippen LogP contribution in [0.4, 0.5) is 8.78 Å². The standard InChI is InChI=1S/C16H16BrF2NO/c17-14-8-4-5-12(9-10-20)15(14)21-11-16(18,19)13-6-2-1-3-7-13/h1-8H,9-11,20H2. The minimum absolute atomic E-state index is 0.0579. The van der Waals surface area contributed by atoms with Crippen molar-refractivity contribution in [2.45, 2.75) is 12.3 Å². The van der Waals surface area contributed by atoms with Crippen LogP contribution in [-0.2, 0) is 12.3 Å². The van der Waals surface area contributed by atoms with Gasteiger partial charge in [-0.1, -0.05) is 42.5 Å². The molecule has 2 aromatic rings. The smallest absolute Gasteiger partial charge is 0.306 e. The van der Waals surface area contributed by atoms with Gasteiger partial charge < -0.3 is 10.5 Å². The largest absolute Gasteiger partial charge is 0.485 e. The molecule has 0 unspecified atom stereocenters. The highest BCUT2D eigenvalue weighted by Gasteiger charge is 2.32. The van der Waals surface area contributed by atoms with Gasteiger partial charge in [0.1, 0.15) is 5.75 Å². The van der Waals surface area contributed by atoms with E-state index in [9.17, 15) is 8.78 Å². The Kier molecular flexibility index (Phi) is 5.31. The molecule has 0 fully saturated rings. The molecule has 2 rings (SSSR count). The normalized spacial score (nSPS) is 11.4. The second kappa shape index (κ2) is 7.00. The first-order valence-corrected chi connectivity index (χ1v) is 7.37. The number of halogens is 3. The molecule has 0 atom stereocenters. The number of hydrogen-bond acceptors (Lipinski definition) is 2. The second-order valence-electron chi connectivity index (χ2n) is 4.63.